The fourth-order valence-electron chi connectivity index (χ4n) is 1.46. The molecule has 0 aromatic rings. The summed E-state index contributed by atoms with van der Waals surface area (Å²) in [6, 6.07) is 0. The average molecular weight is 177 g/mol. The number of nitrogens with zero attached hydrogens (tertiary/aromatic N) is 1. The summed E-state index contributed by atoms with van der Waals surface area (Å²) in [6.07, 6.45) is -2.18. The molecule has 0 unspecified atom stereocenters. The number of hydrogen-bond acceptors (Lipinski definition) is 1. The summed E-state index contributed by atoms with van der Waals surface area (Å²) in [5.74, 6) is 0.594. The number of rotatable bonds is 2. The molecule has 1 nitrogen and oxygen atoms in total. The van der Waals surface area contributed by atoms with E-state index in [9.17, 15) is 8.78 Å². The average Bonchev–Trinajstić information content (AvgIpc) is 1.73. The van der Waals surface area contributed by atoms with Gasteiger partial charge in [-0.1, -0.05) is 20.8 Å². The molecule has 0 aliphatic carbocycles. The highest BCUT2D eigenvalue weighted by molar-refractivity contribution is 4.87. The van der Waals surface area contributed by atoms with Crippen LogP contribution < -0.4 is 0 Å². The molecule has 72 valence electrons. The monoisotopic (exact) mass is 177 g/mol. The lowest BCUT2D eigenvalue weighted by Gasteiger charge is -2.46. The molecule has 0 amide bonds. The van der Waals surface area contributed by atoms with Crippen LogP contribution in [0.1, 0.15) is 20.8 Å². The first-order chi connectivity index (χ1) is 5.39. The van der Waals surface area contributed by atoms with Gasteiger partial charge in [0, 0.05) is 13.1 Å². The molecule has 3 heteroatoms. The minimum Gasteiger partial charge on any atom is -0.297 e. The quantitative estimate of drug-likeness (QED) is 0.625. The molecular formula is C9H17F2N. The van der Waals surface area contributed by atoms with Crippen molar-refractivity contribution in [2.75, 3.05) is 19.6 Å². The van der Waals surface area contributed by atoms with Crippen LogP contribution in [-0.4, -0.2) is 31.0 Å². The van der Waals surface area contributed by atoms with E-state index >= 15 is 0 Å². The Hall–Kier alpha value is -0.180. The highest BCUT2D eigenvalue weighted by atomic mass is 19.3. The molecular weight excluding hydrogens is 160 g/mol. The molecule has 0 aromatic heterocycles. The third-order valence-corrected chi connectivity index (χ3v) is 2.58. The van der Waals surface area contributed by atoms with Crippen LogP contribution in [0.4, 0.5) is 8.78 Å². The predicted octanol–water partition coefficient (Wildman–Crippen LogP) is 2.23. The number of alkyl halides is 2. The normalized spacial score (nSPS) is 21.5. The lowest BCUT2D eigenvalue weighted by molar-refractivity contribution is -0.0155. The second kappa shape index (κ2) is 3.29. The van der Waals surface area contributed by atoms with E-state index in [2.05, 4.69) is 20.8 Å². The zero-order valence-electron chi connectivity index (χ0n) is 7.98. The fraction of sp³-hybridized carbons (Fsp3) is 1.00. The second-order valence-corrected chi connectivity index (χ2v) is 4.67. The van der Waals surface area contributed by atoms with Gasteiger partial charge in [0.15, 0.2) is 0 Å². The molecule has 0 atom stereocenters. The Morgan fingerprint density at radius 3 is 2.17 bits per heavy atom. The SMILES string of the molecule is CC(C)(C)C1CN(CC(F)F)C1. The van der Waals surface area contributed by atoms with E-state index in [1.807, 2.05) is 4.90 Å². The van der Waals surface area contributed by atoms with E-state index in [-0.39, 0.29) is 12.0 Å². The van der Waals surface area contributed by atoms with Gasteiger partial charge < -0.3 is 0 Å². The van der Waals surface area contributed by atoms with Crippen LogP contribution >= 0.6 is 0 Å². The van der Waals surface area contributed by atoms with Crippen molar-refractivity contribution in [2.24, 2.45) is 11.3 Å². The third-order valence-electron chi connectivity index (χ3n) is 2.58. The molecule has 1 rings (SSSR count). The van der Waals surface area contributed by atoms with Crippen LogP contribution in [0.5, 0.6) is 0 Å². The highest BCUT2D eigenvalue weighted by Gasteiger charge is 2.36. The molecule has 0 N–H and O–H groups in total. The summed E-state index contributed by atoms with van der Waals surface area (Å²) in [4.78, 5) is 1.82. The van der Waals surface area contributed by atoms with Crippen LogP contribution in [0.3, 0.4) is 0 Å². The standard InChI is InChI=1S/C9H17F2N/c1-9(2,3)7-4-12(5-7)6-8(10)11/h7-8H,4-6H2,1-3H3. The summed E-state index contributed by atoms with van der Waals surface area (Å²) >= 11 is 0. The topological polar surface area (TPSA) is 3.24 Å². The Labute approximate surface area is 72.7 Å². The first-order valence-electron chi connectivity index (χ1n) is 4.40. The van der Waals surface area contributed by atoms with Gasteiger partial charge in [-0.25, -0.2) is 8.78 Å². The van der Waals surface area contributed by atoms with Crippen molar-refractivity contribution >= 4 is 0 Å². The second-order valence-electron chi connectivity index (χ2n) is 4.67. The lowest BCUT2D eigenvalue weighted by atomic mass is 9.76. The first-order valence-corrected chi connectivity index (χ1v) is 4.40. The van der Waals surface area contributed by atoms with Gasteiger partial charge in [0.25, 0.3) is 6.43 Å². The molecule has 0 aromatic carbocycles. The van der Waals surface area contributed by atoms with Crippen molar-refractivity contribution in [3.8, 4) is 0 Å². The zero-order valence-corrected chi connectivity index (χ0v) is 7.98. The Bertz CT molecular complexity index is 145. The Morgan fingerprint density at radius 2 is 1.83 bits per heavy atom. The summed E-state index contributed by atoms with van der Waals surface area (Å²) in [6.45, 7) is 8.13. The van der Waals surface area contributed by atoms with Crippen molar-refractivity contribution in [1.29, 1.82) is 0 Å². The van der Waals surface area contributed by atoms with Gasteiger partial charge in [-0.2, -0.15) is 0 Å². The van der Waals surface area contributed by atoms with Crippen molar-refractivity contribution in [2.45, 2.75) is 27.2 Å². The maximum Gasteiger partial charge on any atom is 0.251 e. The Kier molecular flexibility index (Phi) is 2.71. The number of halogens is 2. The summed E-state index contributed by atoms with van der Waals surface area (Å²) in [5, 5.41) is 0. The van der Waals surface area contributed by atoms with Crippen molar-refractivity contribution < 1.29 is 8.78 Å². The van der Waals surface area contributed by atoms with Crippen LogP contribution in [0.15, 0.2) is 0 Å². The van der Waals surface area contributed by atoms with Gasteiger partial charge >= 0.3 is 0 Å². The molecule has 1 aliphatic heterocycles. The maximum atomic E-state index is 11.9. The van der Waals surface area contributed by atoms with Gasteiger partial charge in [0.2, 0.25) is 0 Å². The van der Waals surface area contributed by atoms with E-state index in [4.69, 9.17) is 0 Å². The number of likely N-dealkylation sites (tertiary alicyclic amines) is 1. The van der Waals surface area contributed by atoms with E-state index in [1.54, 1.807) is 0 Å². The van der Waals surface area contributed by atoms with Crippen molar-refractivity contribution in [1.82, 2.24) is 4.90 Å². The molecule has 0 spiro atoms. The molecule has 0 radical (unpaired) electrons. The van der Waals surface area contributed by atoms with E-state index in [0.29, 0.717) is 5.92 Å². The fourth-order valence-corrected chi connectivity index (χ4v) is 1.46. The molecule has 0 saturated carbocycles. The predicted molar refractivity (Wildman–Crippen MR) is 45.4 cm³/mol. The largest absolute Gasteiger partial charge is 0.297 e. The molecule has 1 heterocycles. The van der Waals surface area contributed by atoms with Crippen LogP contribution in [0, 0.1) is 11.3 Å². The zero-order chi connectivity index (χ0) is 9.35. The lowest BCUT2D eigenvalue weighted by Crippen LogP contribution is -2.53. The Morgan fingerprint density at radius 1 is 1.33 bits per heavy atom. The van der Waals surface area contributed by atoms with E-state index < -0.39 is 6.43 Å². The first kappa shape index (κ1) is 9.90. The summed E-state index contributed by atoms with van der Waals surface area (Å²) in [7, 11) is 0. The van der Waals surface area contributed by atoms with E-state index in [1.165, 1.54) is 0 Å². The van der Waals surface area contributed by atoms with Crippen molar-refractivity contribution in [3.05, 3.63) is 0 Å². The van der Waals surface area contributed by atoms with Gasteiger partial charge in [-0.15, -0.1) is 0 Å². The highest BCUT2D eigenvalue weighted by Crippen LogP contribution is 2.33. The molecule has 1 fully saturated rings. The van der Waals surface area contributed by atoms with Gasteiger partial charge in [0.1, 0.15) is 0 Å². The molecule has 1 aliphatic rings. The summed E-state index contributed by atoms with van der Waals surface area (Å²) < 4.78 is 23.8. The molecule has 12 heavy (non-hydrogen) atoms. The minimum atomic E-state index is -2.18. The van der Waals surface area contributed by atoms with E-state index in [0.717, 1.165) is 13.1 Å². The van der Waals surface area contributed by atoms with Gasteiger partial charge in [-0.3, -0.25) is 4.90 Å². The maximum absolute atomic E-state index is 11.9. The smallest absolute Gasteiger partial charge is 0.251 e. The van der Waals surface area contributed by atoms with Gasteiger partial charge in [-0.05, 0) is 11.3 Å². The summed E-state index contributed by atoms with van der Waals surface area (Å²) in [5.41, 5.74) is 0.276. The van der Waals surface area contributed by atoms with Crippen molar-refractivity contribution in [3.63, 3.8) is 0 Å². The van der Waals surface area contributed by atoms with Crippen LogP contribution in [0.25, 0.3) is 0 Å². The number of hydrogen-bond donors (Lipinski definition) is 0. The Balaban J connectivity index is 2.20. The van der Waals surface area contributed by atoms with Crippen LogP contribution in [-0.2, 0) is 0 Å². The molecule has 0 bridgehead atoms. The molecule has 1 saturated heterocycles. The van der Waals surface area contributed by atoms with Crippen LogP contribution in [0.2, 0.25) is 0 Å². The third kappa shape index (κ3) is 2.41. The minimum absolute atomic E-state index is 0.0490. The van der Waals surface area contributed by atoms with Gasteiger partial charge in [0.05, 0.1) is 6.54 Å².